The Morgan fingerprint density at radius 2 is 1.85 bits per heavy atom. The third kappa shape index (κ3) is 2.75. The fourth-order valence-corrected chi connectivity index (χ4v) is 2.86. The molecule has 4 heteroatoms. The Bertz CT molecular complexity index is 486. The monoisotopic (exact) mass is 275 g/mol. The van der Waals surface area contributed by atoms with E-state index in [1.807, 2.05) is 30.3 Å². The first-order chi connectivity index (χ1) is 9.56. The number of aliphatic hydroxyl groups excluding tert-OH is 1. The molecule has 1 aromatic rings. The van der Waals surface area contributed by atoms with Crippen molar-refractivity contribution in [2.75, 3.05) is 13.2 Å². The van der Waals surface area contributed by atoms with E-state index in [2.05, 4.69) is 6.92 Å². The minimum absolute atomic E-state index is 0.109. The van der Waals surface area contributed by atoms with E-state index < -0.39 is 0 Å². The highest BCUT2D eigenvalue weighted by Gasteiger charge is 2.44. The quantitative estimate of drug-likeness (QED) is 0.834. The lowest BCUT2D eigenvalue weighted by Crippen LogP contribution is -2.33. The highest BCUT2D eigenvalue weighted by atomic mass is 16.3. The fraction of sp³-hybridized carbons (Fsp3) is 0.500. The van der Waals surface area contributed by atoms with Crippen LogP contribution >= 0.6 is 0 Å². The Morgan fingerprint density at radius 1 is 1.20 bits per heavy atom. The summed E-state index contributed by atoms with van der Waals surface area (Å²) in [5.41, 5.74) is 1.18. The van der Waals surface area contributed by atoms with Gasteiger partial charge in [-0.1, -0.05) is 44.2 Å². The zero-order valence-electron chi connectivity index (χ0n) is 12.0. The number of hydrogen-bond donors (Lipinski definition) is 1. The van der Waals surface area contributed by atoms with Crippen molar-refractivity contribution in [3.8, 4) is 0 Å². The summed E-state index contributed by atoms with van der Waals surface area (Å²) in [7, 11) is 0. The smallest absolute Gasteiger partial charge is 0.233 e. The summed E-state index contributed by atoms with van der Waals surface area (Å²) in [6.07, 6.45) is 0.664. The number of carbonyl (C=O) groups excluding carboxylic acids is 2. The number of nitrogens with zero attached hydrogens (tertiary/aromatic N) is 1. The second-order valence-electron chi connectivity index (χ2n) is 5.49. The Morgan fingerprint density at radius 3 is 2.45 bits per heavy atom. The normalized spacial score (nSPS) is 24.2. The second kappa shape index (κ2) is 6.18. The van der Waals surface area contributed by atoms with Gasteiger partial charge in [0.05, 0.1) is 19.1 Å². The summed E-state index contributed by atoms with van der Waals surface area (Å²) in [6, 6.07) is 10.0. The minimum Gasteiger partial charge on any atom is -0.395 e. The van der Waals surface area contributed by atoms with E-state index in [9.17, 15) is 9.59 Å². The summed E-state index contributed by atoms with van der Waals surface area (Å²) < 4.78 is 0. The van der Waals surface area contributed by atoms with Gasteiger partial charge in [0.1, 0.15) is 0 Å². The van der Waals surface area contributed by atoms with Crippen LogP contribution in [0.1, 0.15) is 31.7 Å². The molecule has 3 unspecified atom stereocenters. The van der Waals surface area contributed by atoms with E-state index >= 15 is 0 Å². The van der Waals surface area contributed by atoms with Crippen molar-refractivity contribution in [2.45, 2.75) is 26.2 Å². The predicted molar refractivity (Wildman–Crippen MR) is 75.9 cm³/mol. The molecule has 1 aliphatic heterocycles. The average Bonchev–Trinajstić information content (AvgIpc) is 2.66. The molecule has 2 rings (SSSR count). The zero-order chi connectivity index (χ0) is 14.7. The van der Waals surface area contributed by atoms with Gasteiger partial charge in [-0.2, -0.15) is 0 Å². The number of aliphatic hydroxyl groups is 1. The van der Waals surface area contributed by atoms with Crippen molar-refractivity contribution in [1.29, 1.82) is 0 Å². The lowest BCUT2D eigenvalue weighted by Gasteiger charge is -2.18. The van der Waals surface area contributed by atoms with Gasteiger partial charge in [0.25, 0.3) is 0 Å². The van der Waals surface area contributed by atoms with E-state index in [1.54, 1.807) is 6.92 Å². The Balaban J connectivity index is 2.09. The van der Waals surface area contributed by atoms with Crippen molar-refractivity contribution in [1.82, 2.24) is 4.90 Å². The summed E-state index contributed by atoms with van der Waals surface area (Å²) >= 11 is 0. The van der Waals surface area contributed by atoms with E-state index in [4.69, 9.17) is 5.11 Å². The van der Waals surface area contributed by atoms with Gasteiger partial charge in [-0.25, -0.2) is 0 Å². The number of imide groups is 1. The Labute approximate surface area is 119 Å². The van der Waals surface area contributed by atoms with Crippen LogP contribution in [-0.2, 0) is 9.59 Å². The van der Waals surface area contributed by atoms with Crippen molar-refractivity contribution in [2.24, 2.45) is 11.8 Å². The molecular weight excluding hydrogens is 254 g/mol. The average molecular weight is 275 g/mol. The van der Waals surface area contributed by atoms with Gasteiger partial charge in [-0.15, -0.1) is 0 Å². The van der Waals surface area contributed by atoms with Crippen LogP contribution in [0.25, 0.3) is 0 Å². The standard InChI is InChI=1S/C16H21NO3/c1-11(13-6-4-3-5-7-13)10-14-12(2)15(19)17(8-9-18)16(14)20/h3-7,11-12,14,18H,8-10H2,1-2H3. The molecule has 108 valence electrons. The second-order valence-corrected chi connectivity index (χ2v) is 5.49. The first-order valence-corrected chi connectivity index (χ1v) is 7.07. The number of amides is 2. The molecule has 0 spiro atoms. The largest absolute Gasteiger partial charge is 0.395 e. The molecule has 0 aromatic heterocycles. The topological polar surface area (TPSA) is 57.6 Å². The molecule has 4 nitrogen and oxygen atoms in total. The van der Waals surface area contributed by atoms with Gasteiger partial charge < -0.3 is 5.11 Å². The Hall–Kier alpha value is -1.68. The van der Waals surface area contributed by atoms with E-state index in [0.29, 0.717) is 6.42 Å². The van der Waals surface area contributed by atoms with Crippen LogP contribution in [0.2, 0.25) is 0 Å². The molecule has 2 amide bonds. The predicted octanol–water partition coefficient (Wildman–Crippen LogP) is 1.79. The van der Waals surface area contributed by atoms with E-state index in [0.717, 1.165) is 0 Å². The van der Waals surface area contributed by atoms with Crippen molar-refractivity contribution in [3.63, 3.8) is 0 Å². The van der Waals surface area contributed by atoms with Crippen LogP contribution in [0.3, 0.4) is 0 Å². The van der Waals surface area contributed by atoms with Gasteiger partial charge >= 0.3 is 0 Å². The lowest BCUT2D eigenvalue weighted by atomic mass is 9.85. The van der Waals surface area contributed by atoms with Gasteiger partial charge in [0.2, 0.25) is 11.8 Å². The number of hydrogen-bond acceptors (Lipinski definition) is 3. The Kier molecular flexibility index (Phi) is 4.55. The van der Waals surface area contributed by atoms with Crippen LogP contribution in [0, 0.1) is 11.8 Å². The summed E-state index contributed by atoms with van der Waals surface area (Å²) in [5, 5.41) is 8.95. The van der Waals surface area contributed by atoms with Crippen LogP contribution in [0.5, 0.6) is 0 Å². The zero-order valence-corrected chi connectivity index (χ0v) is 12.0. The van der Waals surface area contributed by atoms with Gasteiger partial charge in [-0.3, -0.25) is 14.5 Å². The molecule has 0 aliphatic carbocycles. The minimum atomic E-state index is -0.291. The van der Waals surface area contributed by atoms with E-state index in [-0.39, 0.29) is 42.7 Å². The summed E-state index contributed by atoms with van der Waals surface area (Å²) in [4.78, 5) is 25.5. The van der Waals surface area contributed by atoms with Crippen LogP contribution < -0.4 is 0 Å². The maximum absolute atomic E-state index is 12.3. The van der Waals surface area contributed by atoms with Gasteiger partial charge in [0.15, 0.2) is 0 Å². The molecule has 1 N–H and O–H groups in total. The molecule has 0 bridgehead atoms. The van der Waals surface area contributed by atoms with Crippen molar-refractivity contribution < 1.29 is 14.7 Å². The van der Waals surface area contributed by atoms with Crippen molar-refractivity contribution in [3.05, 3.63) is 35.9 Å². The highest BCUT2D eigenvalue weighted by molar-refractivity contribution is 6.04. The highest BCUT2D eigenvalue weighted by Crippen LogP contribution is 2.34. The molecule has 0 saturated carbocycles. The molecule has 1 fully saturated rings. The molecule has 3 atom stereocenters. The summed E-state index contributed by atoms with van der Waals surface area (Å²) in [5.74, 6) is -0.632. The number of rotatable bonds is 5. The third-order valence-electron chi connectivity index (χ3n) is 4.14. The van der Waals surface area contributed by atoms with Crippen LogP contribution in [0.4, 0.5) is 0 Å². The molecular formula is C16H21NO3. The van der Waals surface area contributed by atoms with Crippen LogP contribution in [-0.4, -0.2) is 35.0 Å². The third-order valence-corrected chi connectivity index (χ3v) is 4.14. The maximum Gasteiger partial charge on any atom is 0.233 e. The SMILES string of the molecule is CC(CC1C(=O)N(CCO)C(=O)C1C)c1ccccc1. The van der Waals surface area contributed by atoms with Crippen LogP contribution in [0.15, 0.2) is 30.3 Å². The summed E-state index contributed by atoms with van der Waals surface area (Å²) in [6.45, 7) is 3.82. The van der Waals surface area contributed by atoms with Gasteiger partial charge in [-0.05, 0) is 17.9 Å². The molecule has 20 heavy (non-hydrogen) atoms. The number of benzene rings is 1. The molecule has 0 radical (unpaired) electrons. The number of likely N-dealkylation sites (tertiary alicyclic amines) is 1. The number of carbonyl (C=O) groups is 2. The maximum atomic E-state index is 12.3. The van der Waals surface area contributed by atoms with Crippen molar-refractivity contribution >= 4 is 11.8 Å². The van der Waals surface area contributed by atoms with Gasteiger partial charge in [0, 0.05) is 5.92 Å². The molecule has 1 saturated heterocycles. The fourth-order valence-electron chi connectivity index (χ4n) is 2.86. The molecule has 1 aliphatic rings. The first kappa shape index (κ1) is 14.7. The lowest BCUT2D eigenvalue weighted by molar-refractivity contribution is -0.140. The first-order valence-electron chi connectivity index (χ1n) is 7.07. The van der Waals surface area contributed by atoms with E-state index in [1.165, 1.54) is 10.5 Å². The number of β-amino-alcohol motifs (C(OH)–C–C–N with tert-alkyl or cyclic N) is 1. The molecule has 1 aromatic carbocycles. The molecule has 1 heterocycles.